The van der Waals surface area contributed by atoms with Gasteiger partial charge in [-0.25, -0.2) is 4.39 Å². The third-order valence-corrected chi connectivity index (χ3v) is 6.42. The molecule has 1 unspecified atom stereocenters. The van der Waals surface area contributed by atoms with Crippen LogP contribution in [0, 0.1) is 0 Å². The van der Waals surface area contributed by atoms with E-state index in [1.54, 1.807) is 0 Å². The fourth-order valence-corrected chi connectivity index (χ4v) is 3.72. The van der Waals surface area contributed by atoms with Crippen LogP contribution in [-0.4, -0.2) is 18.3 Å². The van der Waals surface area contributed by atoms with E-state index in [9.17, 15) is 0 Å². The SMILES string of the molecule is CC1(C)OB(C(F)=C2CCC2c2ccc(OCc3ccccc3)cc2)OC1(C)C. The highest BCUT2D eigenvalue weighted by Crippen LogP contribution is 2.47. The molecule has 1 saturated carbocycles. The van der Waals surface area contributed by atoms with E-state index < -0.39 is 18.3 Å². The molecule has 3 nitrogen and oxygen atoms in total. The number of allylic oxidation sites excluding steroid dienone is 1. The monoisotopic (exact) mass is 394 g/mol. The molecule has 2 aliphatic rings. The molecule has 1 atom stereocenters. The third-order valence-electron chi connectivity index (χ3n) is 6.42. The first-order chi connectivity index (χ1) is 13.8. The summed E-state index contributed by atoms with van der Waals surface area (Å²) in [5.74, 6) is 0.895. The zero-order valence-electron chi connectivity index (χ0n) is 17.6. The van der Waals surface area contributed by atoms with Crippen LogP contribution in [0.2, 0.25) is 0 Å². The lowest BCUT2D eigenvalue weighted by Gasteiger charge is -2.32. The smallest absolute Gasteiger partial charge is 0.489 e. The lowest BCUT2D eigenvalue weighted by molar-refractivity contribution is 0.00578. The Labute approximate surface area is 173 Å². The minimum Gasteiger partial charge on any atom is -0.489 e. The molecule has 0 N–H and O–H groups in total. The number of benzene rings is 2. The van der Waals surface area contributed by atoms with E-state index in [0.29, 0.717) is 6.61 Å². The maximum atomic E-state index is 15.2. The number of hydrogen-bond donors (Lipinski definition) is 0. The van der Waals surface area contributed by atoms with E-state index in [1.807, 2.05) is 82.3 Å². The van der Waals surface area contributed by atoms with E-state index in [4.69, 9.17) is 14.0 Å². The Morgan fingerprint density at radius 1 is 1.00 bits per heavy atom. The number of hydrogen-bond acceptors (Lipinski definition) is 3. The molecule has 1 aliphatic carbocycles. The van der Waals surface area contributed by atoms with Crippen LogP contribution < -0.4 is 4.74 Å². The molecule has 1 aliphatic heterocycles. The molecular formula is C24H28BFO3. The zero-order valence-corrected chi connectivity index (χ0v) is 17.6. The van der Waals surface area contributed by atoms with Gasteiger partial charge in [0.05, 0.1) is 11.2 Å². The summed E-state index contributed by atoms with van der Waals surface area (Å²) in [6.45, 7) is 8.30. The zero-order chi connectivity index (χ0) is 20.6. The summed E-state index contributed by atoms with van der Waals surface area (Å²) >= 11 is 0. The molecule has 2 aromatic rings. The molecule has 0 aromatic heterocycles. The second-order valence-electron chi connectivity index (χ2n) is 8.90. The average molecular weight is 394 g/mol. The molecule has 152 valence electrons. The second-order valence-corrected chi connectivity index (χ2v) is 8.90. The van der Waals surface area contributed by atoms with Gasteiger partial charge in [-0.15, -0.1) is 0 Å². The van der Waals surface area contributed by atoms with Gasteiger partial charge >= 0.3 is 7.12 Å². The Morgan fingerprint density at radius 2 is 1.62 bits per heavy atom. The van der Waals surface area contributed by atoms with Crippen LogP contribution in [0.4, 0.5) is 4.39 Å². The minimum atomic E-state index is -0.911. The maximum absolute atomic E-state index is 15.2. The molecule has 2 aromatic carbocycles. The van der Waals surface area contributed by atoms with Gasteiger partial charge in [0, 0.05) is 5.92 Å². The Kier molecular flexibility index (Phi) is 5.30. The van der Waals surface area contributed by atoms with Gasteiger partial charge in [0.1, 0.15) is 18.1 Å². The summed E-state index contributed by atoms with van der Waals surface area (Å²) in [4.78, 5) is 0. The summed E-state index contributed by atoms with van der Waals surface area (Å²) in [5.41, 5.74) is 1.69. The van der Waals surface area contributed by atoms with E-state index in [2.05, 4.69) is 0 Å². The van der Waals surface area contributed by atoms with Gasteiger partial charge < -0.3 is 14.0 Å². The van der Waals surface area contributed by atoms with Gasteiger partial charge in [-0.1, -0.05) is 42.5 Å². The molecule has 2 fully saturated rings. The molecule has 1 heterocycles. The Balaban J connectivity index is 1.43. The van der Waals surface area contributed by atoms with Crippen LogP contribution in [0.5, 0.6) is 5.75 Å². The number of halogens is 1. The van der Waals surface area contributed by atoms with Gasteiger partial charge in [-0.2, -0.15) is 0 Å². The van der Waals surface area contributed by atoms with Gasteiger partial charge in [-0.3, -0.25) is 0 Å². The summed E-state index contributed by atoms with van der Waals surface area (Å²) in [5, 5.41) is 0. The highest BCUT2D eigenvalue weighted by molar-refractivity contribution is 6.54. The van der Waals surface area contributed by atoms with Crippen LogP contribution in [0.3, 0.4) is 0 Å². The summed E-state index contributed by atoms with van der Waals surface area (Å²) in [7, 11) is -0.911. The van der Waals surface area contributed by atoms with Gasteiger partial charge in [-0.05, 0) is 69.4 Å². The van der Waals surface area contributed by atoms with Crippen molar-refractivity contribution in [2.24, 2.45) is 0 Å². The molecule has 4 rings (SSSR count). The van der Waals surface area contributed by atoms with Crippen LogP contribution in [0.1, 0.15) is 57.6 Å². The fourth-order valence-electron chi connectivity index (χ4n) is 3.72. The Bertz CT molecular complexity index is 874. The van der Waals surface area contributed by atoms with Crippen LogP contribution >= 0.6 is 0 Å². The summed E-state index contributed by atoms with van der Waals surface area (Å²) in [6.07, 6.45) is 1.68. The van der Waals surface area contributed by atoms with E-state index in [-0.39, 0.29) is 11.6 Å². The van der Waals surface area contributed by atoms with Crippen LogP contribution in [-0.2, 0) is 15.9 Å². The van der Waals surface area contributed by atoms with Crippen molar-refractivity contribution in [3.8, 4) is 5.75 Å². The van der Waals surface area contributed by atoms with Gasteiger partial charge in [0.2, 0.25) is 0 Å². The first-order valence-electron chi connectivity index (χ1n) is 10.3. The highest BCUT2D eigenvalue weighted by atomic mass is 19.1. The first kappa shape index (κ1) is 20.2. The van der Waals surface area contributed by atoms with Crippen molar-refractivity contribution in [1.29, 1.82) is 0 Å². The molecule has 29 heavy (non-hydrogen) atoms. The average Bonchev–Trinajstić information content (AvgIpc) is 2.88. The molecular weight excluding hydrogens is 366 g/mol. The summed E-state index contributed by atoms with van der Waals surface area (Å²) in [6, 6.07) is 18.0. The van der Waals surface area contributed by atoms with Crippen LogP contribution in [0.25, 0.3) is 0 Å². The topological polar surface area (TPSA) is 27.7 Å². The predicted molar refractivity (Wildman–Crippen MR) is 113 cm³/mol. The molecule has 5 heteroatoms. The molecule has 1 saturated heterocycles. The normalized spacial score (nSPS) is 24.2. The lowest BCUT2D eigenvalue weighted by Crippen LogP contribution is -2.41. The van der Waals surface area contributed by atoms with Crippen molar-refractivity contribution in [1.82, 2.24) is 0 Å². The summed E-state index contributed by atoms with van der Waals surface area (Å²) < 4.78 is 32.8. The highest BCUT2D eigenvalue weighted by Gasteiger charge is 2.54. The first-order valence-corrected chi connectivity index (χ1v) is 10.3. The Morgan fingerprint density at radius 3 is 2.17 bits per heavy atom. The van der Waals surface area contributed by atoms with Crippen molar-refractivity contribution >= 4 is 7.12 Å². The van der Waals surface area contributed by atoms with Crippen molar-refractivity contribution in [2.45, 2.75) is 64.3 Å². The molecule has 0 spiro atoms. The van der Waals surface area contributed by atoms with Gasteiger partial charge in [0.25, 0.3) is 0 Å². The van der Waals surface area contributed by atoms with Gasteiger partial charge in [0.15, 0.2) is 0 Å². The van der Waals surface area contributed by atoms with Crippen molar-refractivity contribution in [3.05, 3.63) is 77.0 Å². The van der Waals surface area contributed by atoms with E-state index >= 15 is 4.39 Å². The van der Waals surface area contributed by atoms with Crippen molar-refractivity contribution in [3.63, 3.8) is 0 Å². The maximum Gasteiger partial charge on any atom is 0.525 e. The number of ether oxygens (including phenoxy) is 1. The quantitative estimate of drug-likeness (QED) is 0.583. The van der Waals surface area contributed by atoms with Crippen LogP contribution in [0.15, 0.2) is 65.9 Å². The largest absolute Gasteiger partial charge is 0.525 e. The molecule has 0 amide bonds. The molecule has 0 bridgehead atoms. The third kappa shape index (κ3) is 3.99. The molecule has 0 radical (unpaired) electrons. The predicted octanol–water partition coefficient (Wildman–Crippen LogP) is 6.00. The fraction of sp³-hybridized carbons (Fsp3) is 0.417. The lowest BCUT2D eigenvalue weighted by atomic mass is 9.69. The second kappa shape index (κ2) is 7.62. The van der Waals surface area contributed by atoms with E-state index in [1.165, 1.54) is 0 Å². The number of rotatable bonds is 5. The Hall–Kier alpha value is -2.11. The van der Waals surface area contributed by atoms with E-state index in [0.717, 1.165) is 35.3 Å². The van der Waals surface area contributed by atoms with Crippen molar-refractivity contribution < 1.29 is 18.4 Å². The van der Waals surface area contributed by atoms with Crippen molar-refractivity contribution in [2.75, 3.05) is 0 Å². The minimum absolute atomic E-state index is 0.0807. The standard InChI is InChI=1S/C24H28BFO3/c1-23(2)24(3,4)29-25(28-23)22(26)21-15-14-20(21)18-10-12-19(13-11-18)27-16-17-8-6-5-7-9-17/h5-13,20H,14-16H2,1-4H3.